The van der Waals surface area contributed by atoms with Gasteiger partial charge in [-0.25, -0.2) is 4.39 Å². The molecule has 0 saturated heterocycles. The zero-order valence-corrected chi connectivity index (χ0v) is 10.4. The highest BCUT2D eigenvalue weighted by atomic mass is 19.1. The number of rotatable bonds is 7. The molecule has 0 aliphatic heterocycles. The summed E-state index contributed by atoms with van der Waals surface area (Å²) in [6.07, 6.45) is 1.94. The van der Waals surface area contributed by atoms with Gasteiger partial charge in [0.15, 0.2) is 11.6 Å². The molecule has 0 aliphatic carbocycles. The number of carbonyl (C=O) groups is 2. The maximum Gasteiger partial charge on any atom is 0.311 e. The number of hydrogen-bond donors (Lipinski definition) is 0. The second-order valence-corrected chi connectivity index (χ2v) is 3.70. The Kier molecular flexibility index (Phi) is 6.29. The van der Waals surface area contributed by atoms with Crippen molar-refractivity contribution >= 4 is 11.9 Å². The lowest BCUT2D eigenvalue weighted by atomic mass is 10.3. The standard InChI is InChI=1S/C14H15FO4/c1-2-3-10-18-13(16)8-9-14(17)19-12-7-5-4-6-11(12)15/h2,4-7H,1,3,8-10H2. The largest absolute Gasteiger partial charge is 0.465 e. The lowest BCUT2D eigenvalue weighted by Crippen LogP contribution is -2.13. The molecular formula is C14H15FO4. The number of carbonyl (C=O) groups excluding carboxylic acids is 2. The molecule has 1 rings (SSSR count). The molecule has 0 atom stereocenters. The third-order valence-electron chi connectivity index (χ3n) is 2.18. The monoisotopic (exact) mass is 266 g/mol. The molecule has 5 heteroatoms. The van der Waals surface area contributed by atoms with Crippen LogP contribution in [-0.4, -0.2) is 18.5 Å². The summed E-state index contributed by atoms with van der Waals surface area (Å²) in [5.41, 5.74) is 0. The van der Waals surface area contributed by atoms with Crippen LogP contribution >= 0.6 is 0 Å². The predicted molar refractivity (Wildman–Crippen MR) is 67.0 cm³/mol. The number of ether oxygens (including phenoxy) is 2. The summed E-state index contributed by atoms with van der Waals surface area (Å²) in [7, 11) is 0. The molecule has 0 N–H and O–H groups in total. The molecule has 0 heterocycles. The first-order chi connectivity index (χ1) is 9.13. The summed E-state index contributed by atoms with van der Waals surface area (Å²) >= 11 is 0. The van der Waals surface area contributed by atoms with Crippen LogP contribution in [0.4, 0.5) is 4.39 Å². The van der Waals surface area contributed by atoms with Gasteiger partial charge >= 0.3 is 11.9 Å². The molecule has 102 valence electrons. The molecule has 0 fully saturated rings. The highest BCUT2D eigenvalue weighted by molar-refractivity contribution is 5.79. The van der Waals surface area contributed by atoms with Crippen molar-refractivity contribution in [2.24, 2.45) is 0 Å². The lowest BCUT2D eigenvalue weighted by Gasteiger charge is -2.05. The fourth-order valence-corrected chi connectivity index (χ4v) is 1.23. The van der Waals surface area contributed by atoms with Gasteiger partial charge in [0.25, 0.3) is 0 Å². The van der Waals surface area contributed by atoms with E-state index in [9.17, 15) is 14.0 Å². The van der Waals surface area contributed by atoms with Crippen molar-refractivity contribution in [3.8, 4) is 5.75 Å². The van der Waals surface area contributed by atoms with E-state index in [2.05, 4.69) is 6.58 Å². The summed E-state index contributed by atoms with van der Waals surface area (Å²) in [6, 6.07) is 5.57. The first-order valence-corrected chi connectivity index (χ1v) is 5.85. The highest BCUT2D eigenvalue weighted by Crippen LogP contribution is 2.16. The summed E-state index contributed by atoms with van der Waals surface area (Å²) in [5, 5.41) is 0. The van der Waals surface area contributed by atoms with E-state index in [1.54, 1.807) is 12.1 Å². The molecule has 0 radical (unpaired) electrons. The fourth-order valence-electron chi connectivity index (χ4n) is 1.23. The van der Waals surface area contributed by atoms with Crippen LogP contribution in [0, 0.1) is 5.82 Å². The van der Waals surface area contributed by atoms with Gasteiger partial charge in [-0.15, -0.1) is 6.58 Å². The molecule has 0 spiro atoms. The summed E-state index contributed by atoms with van der Waals surface area (Å²) < 4.78 is 22.8. The van der Waals surface area contributed by atoms with Crippen LogP contribution in [0.15, 0.2) is 36.9 Å². The number of halogens is 1. The zero-order valence-electron chi connectivity index (χ0n) is 10.4. The van der Waals surface area contributed by atoms with Gasteiger partial charge in [0.05, 0.1) is 19.4 Å². The predicted octanol–water partition coefficient (Wildman–Crippen LogP) is 2.63. The van der Waals surface area contributed by atoms with Crippen molar-refractivity contribution in [2.45, 2.75) is 19.3 Å². The Morgan fingerprint density at radius 1 is 1.21 bits per heavy atom. The van der Waals surface area contributed by atoms with Gasteiger partial charge in [-0.05, 0) is 18.6 Å². The maximum absolute atomic E-state index is 13.2. The Labute approximate surface area is 110 Å². The molecule has 0 aromatic heterocycles. The van der Waals surface area contributed by atoms with E-state index >= 15 is 0 Å². The molecular weight excluding hydrogens is 251 g/mol. The molecule has 19 heavy (non-hydrogen) atoms. The number of esters is 2. The first kappa shape index (κ1) is 14.9. The molecule has 1 aromatic rings. The van der Waals surface area contributed by atoms with Gasteiger partial charge in [-0.1, -0.05) is 18.2 Å². The van der Waals surface area contributed by atoms with Gasteiger partial charge < -0.3 is 9.47 Å². The third kappa shape index (κ3) is 5.81. The van der Waals surface area contributed by atoms with Crippen LogP contribution in [0.2, 0.25) is 0 Å². The Hall–Kier alpha value is -2.17. The molecule has 0 saturated carbocycles. The van der Waals surface area contributed by atoms with Gasteiger partial charge in [0.1, 0.15) is 0 Å². The molecule has 0 bridgehead atoms. The summed E-state index contributed by atoms with van der Waals surface area (Å²) in [6.45, 7) is 3.73. The van der Waals surface area contributed by atoms with Gasteiger partial charge in [-0.3, -0.25) is 9.59 Å². The van der Waals surface area contributed by atoms with Crippen molar-refractivity contribution in [3.05, 3.63) is 42.7 Å². The normalized spacial score (nSPS) is 9.74. The van der Waals surface area contributed by atoms with Gasteiger partial charge in [-0.2, -0.15) is 0 Å². The smallest absolute Gasteiger partial charge is 0.311 e. The quantitative estimate of drug-likeness (QED) is 0.329. The number of benzene rings is 1. The van der Waals surface area contributed by atoms with E-state index < -0.39 is 17.8 Å². The molecule has 4 nitrogen and oxygen atoms in total. The van der Waals surface area contributed by atoms with Crippen LogP contribution in [0.3, 0.4) is 0 Å². The first-order valence-electron chi connectivity index (χ1n) is 5.85. The average molecular weight is 266 g/mol. The molecule has 0 amide bonds. The van der Waals surface area contributed by atoms with Crippen molar-refractivity contribution in [3.63, 3.8) is 0 Å². The zero-order chi connectivity index (χ0) is 14.1. The second-order valence-electron chi connectivity index (χ2n) is 3.70. The van der Waals surface area contributed by atoms with E-state index in [1.165, 1.54) is 18.2 Å². The molecule has 1 aromatic carbocycles. The molecule has 0 unspecified atom stereocenters. The van der Waals surface area contributed by atoms with E-state index in [-0.39, 0.29) is 25.2 Å². The van der Waals surface area contributed by atoms with E-state index in [0.717, 1.165) is 0 Å². The van der Waals surface area contributed by atoms with Crippen LogP contribution in [-0.2, 0) is 14.3 Å². The van der Waals surface area contributed by atoms with Crippen molar-refractivity contribution in [2.75, 3.05) is 6.61 Å². The van der Waals surface area contributed by atoms with Crippen LogP contribution in [0.5, 0.6) is 5.75 Å². The Morgan fingerprint density at radius 2 is 1.89 bits per heavy atom. The minimum Gasteiger partial charge on any atom is -0.465 e. The average Bonchev–Trinajstić information content (AvgIpc) is 2.39. The highest BCUT2D eigenvalue weighted by Gasteiger charge is 2.11. The minimum atomic E-state index is -0.675. The van der Waals surface area contributed by atoms with Crippen LogP contribution in [0.1, 0.15) is 19.3 Å². The van der Waals surface area contributed by atoms with Crippen LogP contribution in [0.25, 0.3) is 0 Å². The van der Waals surface area contributed by atoms with Crippen molar-refractivity contribution in [1.29, 1.82) is 0 Å². The summed E-state index contributed by atoms with van der Waals surface area (Å²) in [4.78, 5) is 22.6. The van der Waals surface area contributed by atoms with Crippen molar-refractivity contribution in [1.82, 2.24) is 0 Å². The van der Waals surface area contributed by atoms with E-state index in [0.29, 0.717) is 6.42 Å². The third-order valence-corrected chi connectivity index (χ3v) is 2.18. The molecule has 0 aliphatic rings. The Bertz CT molecular complexity index is 457. The van der Waals surface area contributed by atoms with Gasteiger partial charge in [0.2, 0.25) is 0 Å². The lowest BCUT2D eigenvalue weighted by molar-refractivity contribution is -0.146. The van der Waals surface area contributed by atoms with E-state index in [1.807, 2.05) is 0 Å². The second kappa shape index (κ2) is 8.02. The fraction of sp³-hybridized carbons (Fsp3) is 0.286. The Morgan fingerprint density at radius 3 is 2.58 bits per heavy atom. The van der Waals surface area contributed by atoms with Gasteiger partial charge in [0, 0.05) is 0 Å². The number of hydrogen-bond acceptors (Lipinski definition) is 4. The topological polar surface area (TPSA) is 52.6 Å². The van der Waals surface area contributed by atoms with Crippen LogP contribution < -0.4 is 4.74 Å². The van der Waals surface area contributed by atoms with Crippen molar-refractivity contribution < 1.29 is 23.5 Å². The minimum absolute atomic E-state index is 0.0928. The SMILES string of the molecule is C=CCCOC(=O)CCC(=O)Oc1ccccc1F. The van der Waals surface area contributed by atoms with E-state index in [4.69, 9.17) is 9.47 Å². The number of para-hydroxylation sites is 1. The Balaban J connectivity index is 2.30. The maximum atomic E-state index is 13.2. The summed E-state index contributed by atoms with van der Waals surface area (Å²) in [5.74, 6) is -1.94.